The third-order valence-electron chi connectivity index (χ3n) is 6.52. The molecule has 5 rings (SSSR count). The first-order valence-electron chi connectivity index (χ1n) is 12.1. The number of halogens is 2. The molecular formula is C30H25Cl2NO5. The molecule has 0 unspecified atom stereocenters. The van der Waals surface area contributed by atoms with Crippen molar-refractivity contribution in [2.24, 2.45) is 0 Å². The lowest BCUT2D eigenvalue weighted by atomic mass is 9.95. The average molecular weight is 550 g/mol. The van der Waals surface area contributed by atoms with Gasteiger partial charge in [0.2, 0.25) is 0 Å². The number of furan rings is 1. The van der Waals surface area contributed by atoms with E-state index in [-0.39, 0.29) is 18.1 Å². The van der Waals surface area contributed by atoms with Crippen molar-refractivity contribution >= 4 is 40.1 Å². The zero-order valence-corrected chi connectivity index (χ0v) is 22.8. The Bertz CT molecular complexity index is 1660. The predicted molar refractivity (Wildman–Crippen MR) is 148 cm³/mol. The van der Waals surface area contributed by atoms with Crippen LogP contribution in [0.25, 0.3) is 33.4 Å². The van der Waals surface area contributed by atoms with Crippen molar-refractivity contribution in [3.05, 3.63) is 92.9 Å². The first-order valence-corrected chi connectivity index (χ1v) is 12.8. The number of carboxylic acids is 1. The van der Waals surface area contributed by atoms with Crippen LogP contribution in [0.5, 0.6) is 5.75 Å². The smallest absolute Gasteiger partial charge is 0.339 e. The lowest BCUT2D eigenvalue weighted by Gasteiger charge is -2.13. The van der Waals surface area contributed by atoms with Crippen LogP contribution in [-0.2, 0) is 6.61 Å². The predicted octanol–water partition coefficient (Wildman–Crippen LogP) is 9.08. The van der Waals surface area contributed by atoms with Crippen LogP contribution in [0.15, 0.2) is 63.5 Å². The normalized spacial score (nSPS) is 11.4. The first kappa shape index (κ1) is 25.9. The van der Waals surface area contributed by atoms with Crippen molar-refractivity contribution < 1.29 is 23.6 Å². The Labute approximate surface area is 229 Å². The molecule has 0 aliphatic rings. The minimum absolute atomic E-state index is 0.0718. The highest BCUT2D eigenvalue weighted by Crippen LogP contribution is 2.40. The number of fused-ring (bicyclic) bond motifs is 1. The van der Waals surface area contributed by atoms with Gasteiger partial charge in [-0.05, 0) is 60.9 Å². The molecule has 0 spiro atoms. The van der Waals surface area contributed by atoms with Crippen molar-refractivity contribution in [2.75, 3.05) is 0 Å². The molecule has 38 heavy (non-hydrogen) atoms. The zero-order valence-electron chi connectivity index (χ0n) is 21.3. The molecule has 2 aromatic heterocycles. The van der Waals surface area contributed by atoms with Gasteiger partial charge in [0.25, 0.3) is 0 Å². The van der Waals surface area contributed by atoms with Crippen molar-refractivity contribution in [1.82, 2.24) is 5.16 Å². The zero-order chi connectivity index (χ0) is 27.1. The Morgan fingerprint density at radius 1 is 1.03 bits per heavy atom. The number of benzene rings is 3. The van der Waals surface area contributed by atoms with E-state index in [9.17, 15) is 9.90 Å². The van der Waals surface area contributed by atoms with Crippen LogP contribution in [0.3, 0.4) is 0 Å². The third-order valence-corrected chi connectivity index (χ3v) is 7.15. The van der Waals surface area contributed by atoms with Gasteiger partial charge in [0.1, 0.15) is 40.7 Å². The second kappa shape index (κ2) is 10.2. The van der Waals surface area contributed by atoms with Gasteiger partial charge in [0.05, 0.1) is 15.6 Å². The number of ether oxygens (including phenoxy) is 1. The average Bonchev–Trinajstić information content (AvgIpc) is 3.43. The standard InChI is InChI=1S/C30H25Cl2NO5/c1-15(2)29-21(28(33-38-29)27-22(31)8-6-9-23(27)32)14-36-18-11-12-19(16(3)13-18)20-7-5-10-24-26(20)25(30(34)35)17(4)37-24/h5-13,15H,14H2,1-4H3,(H,34,35). The summed E-state index contributed by atoms with van der Waals surface area (Å²) >= 11 is 12.9. The molecule has 0 aliphatic carbocycles. The maximum absolute atomic E-state index is 12.0. The summed E-state index contributed by atoms with van der Waals surface area (Å²) in [7, 11) is 0. The van der Waals surface area contributed by atoms with E-state index in [1.54, 1.807) is 31.2 Å². The van der Waals surface area contributed by atoms with Gasteiger partial charge in [-0.2, -0.15) is 0 Å². The van der Waals surface area contributed by atoms with Gasteiger partial charge in [-0.25, -0.2) is 4.79 Å². The molecule has 5 aromatic rings. The fraction of sp³-hybridized carbons (Fsp3) is 0.200. The highest BCUT2D eigenvalue weighted by molar-refractivity contribution is 6.39. The lowest BCUT2D eigenvalue weighted by Crippen LogP contribution is -2.02. The van der Waals surface area contributed by atoms with Crippen molar-refractivity contribution in [3.8, 4) is 28.1 Å². The molecule has 194 valence electrons. The maximum Gasteiger partial charge on any atom is 0.339 e. The second-order valence-electron chi connectivity index (χ2n) is 9.41. The summed E-state index contributed by atoms with van der Waals surface area (Å²) in [6.07, 6.45) is 0. The minimum Gasteiger partial charge on any atom is -0.489 e. The summed E-state index contributed by atoms with van der Waals surface area (Å²) in [6, 6.07) is 16.5. The molecular weight excluding hydrogens is 525 g/mol. The number of carbonyl (C=O) groups is 1. The fourth-order valence-electron chi connectivity index (χ4n) is 4.77. The Hall–Kier alpha value is -3.74. The molecule has 0 saturated heterocycles. The Morgan fingerprint density at radius 2 is 1.74 bits per heavy atom. The highest BCUT2D eigenvalue weighted by atomic mass is 35.5. The Balaban J connectivity index is 1.50. The van der Waals surface area contributed by atoms with E-state index >= 15 is 0 Å². The van der Waals surface area contributed by atoms with Gasteiger partial charge in [0, 0.05) is 16.9 Å². The summed E-state index contributed by atoms with van der Waals surface area (Å²) in [4.78, 5) is 12.0. The first-order chi connectivity index (χ1) is 18.2. The van der Waals surface area contributed by atoms with Gasteiger partial charge in [-0.15, -0.1) is 0 Å². The Morgan fingerprint density at radius 3 is 2.39 bits per heavy atom. The number of aromatic carboxylic acids is 1. The fourth-order valence-corrected chi connectivity index (χ4v) is 5.34. The van der Waals surface area contributed by atoms with Crippen molar-refractivity contribution in [2.45, 2.75) is 40.2 Å². The molecule has 0 fully saturated rings. The minimum atomic E-state index is -1.02. The maximum atomic E-state index is 12.0. The largest absolute Gasteiger partial charge is 0.489 e. The number of hydrogen-bond donors (Lipinski definition) is 1. The van der Waals surface area contributed by atoms with E-state index in [0.717, 1.165) is 22.3 Å². The highest BCUT2D eigenvalue weighted by Gasteiger charge is 2.24. The van der Waals surface area contributed by atoms with Gasteiger partial charge in [-0.1, -0.05) is 66.5 Å². The van der Waals surface area contributed by atoms with Crippen molar-refractivity contribution in [1.29, 1.82) is 0 Å². The molecule has 6 nitrogen and oxygen atoms in total. The van der Waals surface area contributed by atoms with Crippen LogP contribution in [0.1, 0.15) is 52.8 Å². The Kier molecular flexibility index (Phi) is 6.95. The summed E-state index contributed by atoms with van der Waals surface area (Å²) < 4.78 is 17.6. The molecule has 2 heterocycles. The SMILES string of the molecule is Cc1cc(OCc2c(-c3c(Cl)cccc3Cl)noc2C(C)C)ccc1-c1cccc2oc(C)c(C(=O)O)c12. The summed E-state index contributed by atoms with van der Waals surface area (Å²) in [6.45, 7) is 7.86. The van der Waals surface area contributed by atoms with Crippen LogP contribution in [0.2, 0.25) is 10.0 Å². The van der Waals surface area contributed by atoms with Crippen molar-refractivity contribution in [3.63, 3.8) is 0 Å². The van der Waals surface area contributed by atoms with Gasteiger partial charge < -0.3 is 18.8 Å². The number of aryl methyl sites for hydroxylation is 2. The van der Waals surface area contributed by atoms with Crippen LogP contribution >= 0.6 is 23.2 Å². The van der Waals surface area contributed by atoms with E-state index in [1.165, 1.54) is 0 Å². The van der Waals surface area contributed by atoms with E-state index in [4.69, 9.17) is 36.9 Å². The molecule has 0 bridgehead atoms. The molecule has 0 saturated carbocycles. The number of rotatable bonds is 7. The topological polar surface area (TPSA) is 85.7 Å². The molecule has 0 amide bonds. The monoisotopic (exact) mass is 549 g/mol. The number of carboxylic acid groups (broad SMARTS) is 1. The summed E-state index contributed by atoms with van der Waals surface area (Å²) in [5.74, 6) is 0.777. The molecule has 3 aromatic carbocycles. The summed E-state index contributed by atoms with van der Waals surface area (Å²) in [5.41, 5.74) is 5.26. The van der Waals surface area contributed by atoms with Crippen LogP contribution in [-0.4, -0.2) is 16.2 Å². The van der Waals surface area contributed by atoms with Gasteiger partial charge in [0.15, 0.2) is 0 Å². The number of aromatic nitrogens is 1. The third kappa shape index (κ3) is 4.55. The number of hydrogen-bond acceptors (Lipinski definition) is 5. The molecule has 0 atom stereocenters. The molecule has 0 aliphatic heterocycles. The van der Waals surface area contributed by atoms with E-state index in [2.05, 4.69) is 5.16 Å². The van der Waals surface area contributed by atoms with Crippen LogP contribution in [0, 0.1) is 13.8 Å². The quantitative estimate of drug-likeness (QED) is 0.218. The van der Waals surface area contributed by atoms with E-state index < -0.39 is 5.97 Å². The number of nitrogens with zero attached hydrogens (tertiary/aromatic N) is 1. The summed E-state index contributed by atoms with van der Waals surface area (Å²) in [5, 5.41) is 15.6. The molecule has 1 N–H and O–H groups in total. The molecule has 0 radical (unpaired) electrons. The van der Waals surface area contributed by atoms with E-state index in [0.29, 0.717) is 49.5 Å². The van der Waals surface area contributed by atoms with E-state index in [1.807, 2.05) is 51.1 Å². The van der Waals surface area contributed by atoms with Gasteiger partial charge in [-0.3, -0.25) is 0 Å². The van der Waals surface area contributed by atoms with Crippen LogP contribution in [0.4, 0.5) is 0 Å². The lowest BCUT2D eigenvalue weighted by molar-refractivity contribution is 0.0697. The second-order valence-corrected chi connectivity index (χ2v) is 10.2. The molecule has 8 heteroatoms. The van der Waals surface area contributed by atoms with Crippen LogP contribution < -0.4 is 4.74 Å². The van der Waals surface area contributed by atoms with Gasteiger partial charge >= 0.3 is 5.97 Å².